The zero-order valence-electron chi connectivity index (χ0n) is 16.6. The first-order valence-electron chi connectivity index (χ1n) is 9.35. The molecule has 0 bridgehead atoms. The second kappa shape index (κ2) is 10.7. The van der Waals surface area contributed by atoms with Gasteiger partial charge in [0.05, 0.1) is 11.6 Å². The maximum atomic E-state index is 13.9. The highest BCUT2D eigenvalue weighted by molar-refractivity contribution is 8.01. The highest BCUT2D eigenvalue weighted by atomic mass is 32.2. The molecule has 2 nitrogen and oxygen atoms in total. The molecule has 0 aromatic heterocycles. The van der Waals surface area contributed by atoms with E-state index in [-0.39, 0.29) is 41.1 Å². The molecule has 0 amide bonds. The van der Waals surface area contributed by atoms with E-state index in [1.807, 2.05) is 6.07 Å². The molecular weight excluding hydrogens is 421 g/mol. The summed E-state index contributed by atoms with van der Waals surface area (Å²) in [5.41, 5.74) is 0.673. The molecule has 0 aliphatic heterocycles. The smallest absolute Gasteiger partial charge is 0.291 e. The van der Waals surface area contributed by atoms with Crippen LogP contribution in [0.4, 0.5) is 22.0 Å². The van der Waals surface area contributed by atoms with Crippen LogP contribution in [0.2, 0.25) is 0 Å². The topological polar surface area (TPSA) is 33.0 Å². The van der Waals surface area contributed by atoms with Gasteiger partial charge in [-0.15, -0.1) is 0 Å². The molecule has 0 saturated heterocycles. The SMILES string of the molecule is CCC1=CC(SC(C)(F)F)/C=C\C/C(Oc2cc(C#N)cc(CF)c2)=C(/C(F)F)C1. The summed E-state index contributed by atoms with van der Waals surface area (Å²) in [4.78, 5) is 0. The van der Waals surface area contributed by atoms with Gasteiger partial charge in [-0.05, 0) is 36.6 Å². The van der Waals surface area contributed by atoms with Crippen LogP contribution in [0.15, 0.2) is 53.3 Å². The van der Waals surface area contributed by atoms with Crippen molar-refractivity contribution in [1.82, 2.24) is 0 Å². The zero-order valence-corrected chi connectivity index (χ0v) is 17.4. The average molecular weight is 443 g/mol. The summed E-state index contributed by atoms with van der Waals surface area (Å²) in [7, 11) is 0. The maximum absolute atomic E-state index is 13.9. The van der Waals surface area contributed by atoms with Crippen LogP contribution in [0.1, 0.15) is 44.2 Å². The molecule has 1 aliphatic carbocycles. The van der Waals surface area contributed by atoms with Gasteiger partial charge in [0.2, 0.25) is 0 Å². The highest BCUT2D eigenvalue weighted by Gasteiger charge is 2.27. The van der Waals surface area contributed by atoms with E-state index in [0.29, 0.717) is 23.8 Å². The number of allylic oxidation sites excluding steroid dienone is 3. The molecule has 2 rings (SSSR count). The standard InChI is InChI=1S/C22H22F5NOS/c1-3-14-10-18(30-22(2,26)27)5-4-6-20(19(11-14)21(24)25)29-17-8-15(12-23)7-16(9-17)13-28/h4-5,7-10,18,21H,3,6,11-12H2,1-2H3/b5-4-,14-10?,20-19-. The molecule has 1 aliphatic rings. The maximum Gasteiger partial charge on any atom is 0.291 e. The first kappa shape index (κ1) is 24.0. The van der Waals surface area contributed by atoms with Crippen molar-refractivity contribution in [3.63, 3.8) is 0 Å². The van der Waals surface area contributed by atoms with E-state index in [2.05, 4.69) is 0 Å². The second-order valence-electron chi connectivity index (χ2n) is 6.84. The number of ether oxygens (including phenoxy) is 1. The average Bonchev–Trinajstić information content (AvgIpc) is 2.75. The van der Waals surface area contributed by atoms with Crippen LogP contribution < -0.4 is 4.74 Å². The van der Waals surface area contributed by atoms with Gasteiger partial charge in [-0.25, -0.2) is 13.2 Å². The van der Waals surface area contributed by atoms with E-state index in [9.17, 15) is 22.0 Å². The van der Waals surface area contributed by atoms with Crippen LogP contribution in [0.5, 0.6) is 5.75 Å². The molecule has 1 atom stereocenters. The number of hydrogen-bond acceptors (Lipinski definition) is 3. The van der Waals surface area contributed by atoms with E-state index in [1.54, 1.807) is 13.0 Å². The molecule has 8 heteroatoms. The summed E-state index contributed by atoms with van der Waals surface area (Å²) in [5.74, 6) is 0.0462. The van der Waals surface area contributed by atoms with Gasteiger partial charge in [0, 0.05) is 24.2 Å². The van der Waals surface area contributed by atoms with Crippen molar-refractivity contribution in [3.05, 3.63) is 64.5 Å². The van der Waals surface area contributed by atoms with Gasteiger partial charge in [-0.3, -0.25) is 0 Å². The molecule has 0 N–H and O–H groups in total. The van der Waals surface area contributed by atoms with Gasteiger partial charge in [-0.1, -0.05) is 42.5 Å². The lowest BCUT2D eigenvalue weighted by molar-refractivity contribution is 0.129. The number of halogens is 5. The van der Waals surface area contributed by atoms with Crippen molar-refractivity contribution < 1.29 is 26.7 Å². The lowest BCUT2D eigenvalue weighted by Crippen LogP contribution is -2.10. The third kappa shape index (κ3) is 7.21. The predicted octanol–water partition coefficient (Wildman–Crippen LogP) is 7.33. The Morgan fingerprint density at radius 2 is 2.03 bits per heavy atom. The Balaban J connectivity index is 2.44. The van der Waals surface area contributed by atoms with Gasteiger partial charge < -0.3 is 4.74 Å². The summed E-state index contributed by atoms with van der Waals surface area (Å²) in [6.07, 6.45) is 2.07. The van der Waals surface area contributed by atoms with Crippen molar-refractivity contribution in [2.45, 2.75) is 56.7 Å². The summed E-state index contributed by atoms with van der Waals surface area (Å²) in [6, 6.07) is 5.92. The van der Waals surface area contributed by atoms with Gasteiger partial charge >= 0.3 is 0 Å². The lowest BCUT2D eigenvalue weighted by atomic mass is 10.0. The molecule has 30 heavy (non-hydrogen) atoms. The Morgan fingerprint density at radius 1 is 1.30 bits per heavy atom. The Kier molecular flexibility index (Phi) is 8.54. The van der Waals surface area contributed by atoms with E-state index in [1.165, 1.54) is 30.4 Å². The third-order valence-electron chi connectivity index (χ3n) is 4.36. The van der Waals surface area contributed by atoms with Gasteiger partial charge in [0.25, 0.3) is 11.7 Å². The van der Waals surface area contributed by atoms with Crippen molar-refractivity contribution in [1.29, 1.82) is 5.26 Å². The van der Waals surface area contributed by atoms with Crippen LogP contribution >= 0.6 is 11.8 Å². The molecule has 1 unspecified atom stereocenters. The lowest BCUT2D eigenvalue weighted by Gasteiger charge is -2.17. The Bertz CT molecular complexity index is 880. The van der Waals surface area contributed by atoms with Crippen LogP contribution in [0, 0.1) is 11.3 Å². The minimum Gasteiger partial charge on any atom is -0.461 e. The fourth-order valence-electron chi connectivity index (χ4n) is 3.00. The molecule has 0 fully saturated rings. The summed E-state index contributed by atoms with van der Waals surface area (Å²) < 4.78 is 73.4. The van der Waals surface area contributed by atoms with Crippen molar-refractivity contribution in [3.8, 4) is 11.8 Å². The Hall–Kier alpha value is -2.27. The van der Waals surface area contributed by atoms with Crippen molar-refractivity contribution >= 4 is 11.8 Å². The second-order valence-corrected chi connectivity index (χ2v) is 8.34. The molecule has 0 heterocycles. The molecule has 0 spiro atoms. The van der Waals surface area contributed by atoms with Crippen LogP contribution in [-0.2, 0) is 6.67 Å². The van der Waals surface area contributed by atoms with Crippen LogP contribution in [-0.4, -0.2) is 16.9 Å². The fourth-order valence-corrected chi connectivity index (χ4v) is 3.92. The molecule has 1 aromatic carbocycles. The van der Waals surface area contributed by atoms with Crippen LogP contribution in [0.25, 0.3) is 0 Å². The number of thioether (sulfide) groups is 1. The number of benzene rings is 1. The molecule has 1 aromatic rings. The predicted molar refractivity (Wildman–Crippen MR) is 108 cm³/mol. The van der Waals surface area contributed by atoms with E-state index >= 15 is 0 Å². The van der Waals surface area contributed by atoms with E-state index in [4.69, 9.17) is 10.00 Å². The minimum absolute atomic E-state index is 0.0330. The molecule has 0 saturated carbocycles. The minimum atomic E-state index is -2.97. The summed E-state index contributed by atoms with van der Waals surface area (Å²) in [6.45, 7) is 1.73. The van der Waals surface area contributed by atoms with Gasteiger partial charge in [0.1, 0.15) is 18.2 Å². The van der Waals surface area contributed by atoms with Gasteiger partial charge in [0.15, 0.2) is 0 Å². The molecule has 162 valence electrons. The van der Waals surface area contributed by atoms with E-state index < -0.39 is 23.6 Å². The fraction of sp³-hybridized carbons (Fsp3) is 0.409. The Morgan fingerprint density at radius 3 is 2.60 bits per heavy atom. The number of rotatable bonds is 7. The molecule has 0 radical (unpaired) electrons. The van der Waals surface area contributed by atoms with Crippen LogP contribution in [0.3, 0.4) is 0 Å². The van der Waals surface area contributed by atoms with Crippen molar-refractivity contribution in [2.75, 3.05) is 0 Å². The van der Waals surface area contributed by atoms with E-state index in [0.717, 1.165) is 6.92 Å². The normalized spacial score (nSPS) is 21.3. The quantitative estimate of drug-likeness (QED) is 0.327. The first-order valence-corrected chi connectivity index (χ1v) is 10.2. The van der Waals surface area contributed by atoms with Crippen molar-refractivity contribution in [2.24, 2.45) is 0 Å². The third-order valence-corrected chi connectivity index (χ3v) is 5.34. The largest absolute Gasteiger partial charge is 0.461 e. The number of nitrogens with zero attached hydrogens (tertiary/aromatic N) is 1. The Labute approximate surface area is 177 Å². The monoisotopic (exact) mass is 443 g/mol. The van der Waals surface area contributed by atoms with Gasteiger partial charge in [-0.2, -0.15) is 14.0 Å². The zero-order chi connectivity index (χ0) is 22.3. The number of nitriles is 1. The highest BCUT2D eigenvalue weighted by Crippen LogP contribution is 2.36. The number of hydrogen-bond donors (Lipinski definition) is 0. The summed E-state index contributed by atoms with van der Waals surface area (Å²) >= 11 is 0.432. The summed E-state index contributed by atoms with van der Waals surface area (Å²) in [5, 5.41) is 5.45. The molecular formula is C22H22F5NOS. The number of alkyl halides is 5. The first-order chi connectivity index (χ1) is 14.1.